The first-order valence-corrected chi connectivity index (χ1v) is 7.01. The molecule has 0 bridgehead atoms. The molecule has 1 aromatic heterocycles. The maximum atomic E-state index is 12.5. The summed E-state index contributed by atoms with van der Waals surface area (Å²) in [6.45, 7) is 0.0186. The monoisotopic (exact) mass is 334 g/mol. The van der Waals surface area contributed by atoms with Crippen molar-refractivity contribution in [3.05, 3.63) is 58.3 Å². The minimum atomic E-state index is -0.113. The number of halogens is 1. The van der Waals surface area contributed by atoms with Gasteiger partial charge < -0.3 is 10.0 Å². The Balaban J connectivity index is 2.27. The lowest BCUT2D eigenvalue weighted by Crippen LogP contribution is -2.26. The first-order chi connectivity index (χ1) is 9.63. The van der Waals surface area contributed by atoms with Gasteiger partial charge in [0, 0.05) is 42.0 Å². The summed E-state index contributed by atoms with van der Waals surface area (Å²) in [7, 11) is 1.73. The standard InChI is InChI=1S/C15H15BrN2O2/c1-18(14-5-3-2-4-13(14)16)15(20)11-6-8-17-12(10-11)7-9-19/h2-6,8,10,19H,7,9H2,1H3. The maximum absolute atomic E-state index is 12.5. The van der Waals surface area contributed by atoms with Crippen molar-refractivity contribution in [3.63, 3.8) is 0 Å². The van der Waals surface area contributed by atoms with E-state index in [-0.39, 0.29) is 12.5 Å². The van der Waals surface area contributed by atoms with Crippen LogP contribution >= 0.6 is 15.9 Å². The Morgan fingerprint density at radius 1 is 1.35 bits per heavy atom. The number of hydrogen-bond acceptors (Lipinski definition) is 3. The number of nitrogens with zero attached hydrogens (tertiary/aromatic N) is 2. The van der Waals surface area contributed by atoms with Gasteiger partial charge in [-0.3, -0.25) is 9.78 Å². The van der Waals surface area contributed by atoms with Gasteiger partial charge in [0.25, 0.3) is 5.91 Å². The van der Waals surface area contributed by atoms with Crippen molar-refractivity contribution in [2.45, 2.75) is 6.42 Å². The van der Waals surface area contributed by atoms with Gasteiger partial charge in [-0.1, -0.05) is 12.1 Å². The van der Waals surface area contributed by atoms with Crippen molar-refractivity contribution >= 4 is 27.5 Å². The average molecular weight is 335 g/mol. The number of aliphatic hydroxyl groups excluding tert-OH is 1. The summed E-state index contributed by atoms with van der Waals surface area (Å²) in [4.78, 5) is 18.2. The summed E-state index contributed by atoms with van der Waals surface area (Å²) >= 11 is 3.44. The van der Waals surface area contributed by atoms with Crippen LogP contribution in [0.5, 0.6) is 0 Å². The van der Waals surface area contributed by atoms with Crippen molar-refractivity contribution in [1.82, 2.24) is 4.98 Å². The van der Waals surface area contributed by atoms with E-state index >= 15 is 0 Å². The van der Waals surface area contributed by atoms with Gasteiger partial charge in [0.15, 0.2) is 0 Å². The number of amides is 1. The molecule has 0 atom stereocenters. The first kappa shape index (κ1) is 14.7. The Kier molecular flexibility index (Phi) is 4.87. The second kappa shape index (κ2) is 6.63. The van der Waals surface area contributed by atoms with E-state index in [0.29, 0.717) is 17.7 Å². The predicted molar refractivity (Wildman–Crippen MR) is 81.9 cm³/mol. The summed E-state index contributed by atoms with van der Waals surface area (Å²) in [5, 5.41) is 8.93. The molecule has 1 heterocycles. The molecule has 4 nitrogen and oxygen atoms in total. The third-order valence-corrected chi connectivity index (χ3v) is 3.62. The maximum Gasteiger partial charge on any atom is 0.258 e. The Labute approximate surface area is 126 Å². The van der Waals surface area contributed by atoms with E-state index < -0.39 is 0 Å². The SMILES string of the molecule is CN(C(=O)c1ccnc(CCO)c1)c1ccccc1Br. The average Bonchev–Trinajstić information content (AvgIpc) is 2.47. The summed E-state index contributed by atoms with van der Waals surface area (Å²) < 4.78 is 0.862. The van der Waals surface area contributed by atoms with Crippen molar-refractivity contribution < 1.29 is 9.90 Å². The van der Waals surface area contributed by atoms with Gasteiger partial charge in [-0.15, -0.1) is 0 Å². The van der Waals surface area contributed by atoms with E-state index in [0.717, 1.165) is 10.2 Å². The fraction of sp³-hybridized carbons (Fsp3) is 0.200. The van der Waals surface area contributed by atoms with Crippen LogP contribution in [0, 0.1) is 0 Å². The number of pyridine rings is 1. The number of aromatic nitrogens is 1. The Hall–Kier alpha value is -1.72. The second-order valence-electron chi connectivity index (χ2n) is 4.33. The Morgan fingerprint density at radius 2 is 2.10 bits per heavy atom. The summed E-state index contributed by atoms with van der Waals surface area (Å²) in [6.07, 6.45) is 2.03. The molecule has 0 saturated heterocycles. The third-order valence-electron chi connectivity index (χ3n) is 2.95. The van der Waals surface area contributed by atoms with Crippen LogP contribution in [0.2, 0.25) is 0 Å². The highest BCUT2D eigenvalue weighted by molar-refractivity contribution is 9.10. The van der Waals surface area contributed by atoms with Crippen molar-refractivity contribution in [2.75, 3.05) is 18.6 Å². The molecular formula is C15H15BrN2O2. The van der Waals surface area contributed by atoms with E-state index in [2.05, 4.69) is 20.9 Å². The number of benzene rings is 1. The van der Waals surface area contributed by atoms with Gasteiger partial charge in [0.05, 0.1) is 5.69 Å². The Bertz CT molecular complexity index is 616. The van der Waals surface area contributed by atoms with Crippen molar-refractivity contribution in [3.8, 4) is 0 Å². The molecule has 0 aliphatic rings. The molecule has 20 heavy (non-hydrogen) atoms. The highest BCUT2D eigenvalue weighted by Crippen LogP contribution is 2.25. The van der Waals surface area contributed by atoms with E-state index in [1.54, 1.807) is 30.3 Å². The lowest BCUT2D eigenvalue weighted by molar-refractivity contribution is 0.0992. The van der Waals surface area contributed by atoms with Crippen molar-refractivity contribution in [2.24, 2.45) is 0 Å². The van der Waals surface area contributed by atoms with E-state index in [1.807, 2.05) is 24.3 Å². The van der Waals surface area contributed by atoms with Crippen LogP contribution in [-0.2, 0) is 6.42 Å². The van der Waals surface area contributed by atoms with Crippen LogP contribution in [0.15, 0.2) is 47.1 Å². The number of carbonyl (C=O) groups is 1. The zero-order valence-electron chi connectivity index (χ0n) is 11.1. The zero-order chi connectivity index (χ0) is 14.5. The molecule has 2 aromatic rings. The molecule has 1 aromatic carbocycles. The largest absolute Gasteiger partial charge is 0.396 e. The quantitative estimate of drug-likeness (QED) is 0.935. The van der Waals surface area contributed by atoms with Gasteiger partial charge in [-0.05, 0) is 40.2 Å². The number of aliphatic hydroxyl groups is 1. The highest BCUT2D eigenvalue weighted by Gasteiger charge is 2.15. The lowest BCUT2D eigenvalue weighted by atomic mass is 10.1. The molecule has 1 amide bonds. The Morgan fingerprint density at radius 3 is 2.80 bits per heavy atom. The molecule has 0 spiro atoms. The van der Waals surface area contributed by atoms with Crippen LogP contribution in [0.25, 0.3) is 0 Å². The normalized spacial score (nSPS) is 10.3. The molecule has 0 unspecified atom stereocenters. The van der Waals surface area contributed by atoms with Crippen LogP contribution in [-0.4, -0.2) is 29.7 Å². The molecular weight excluding hydrogens is 320 g/mol. The molecule has 0 aliphatic carbocycles. The van der Waals surface area contributed by atoms with Crippen LogP contribution in [0.1, 0.15) is 16.1 Å². The summed E-state index contributed by atoms with van der Waals surface area (Å²) in [5.74, 6) is -0.113. The van der Waals surface area contributed by atoms with Gasteiger partial charge in [-0.2, -0.15) is 0 Å². The van der Waals surface area contributed by atoms with Crippen LogP contribution in [0.4, 0.5) is 5.69 Å². The topological polar surface area (TPSA) is 53.4 Å². The number of hydrogen-bond donors (Lipinski definition) is 1. The summed E-state index contributed by atoms with van der Waals surface area (Å²) in [6, 6.07) is 10.9. The molecule has 0 aliphatic heterocycles. The fourth-order valence-electron chi connectivity index (χ4n) is 1.89. The highest BCUT2D eigenvalue weighted by atomic mass is 79.9. The second-order valence-corrected chi connectivity index (χ2v) is 5.18. The van der Waals surface area contributed by atoms with Gasteiger partial charge in [0.2, 0.25) is 0 Å². The third kappa shape index (κ3) is 3.23. The molecule has 2 rings (SSSR count). The zero-order valence-corrected chi connectivity index (χ0v) is 12.7. The molecule has 1 N–H and O–H groups in total. The number of anilines is 1. The van der Waals surface area contributed by atoms with Crippen molar-refractivity contribution in [1.29, 1.82) is 0 Å². The molecule has 0 saturated carbocycles. The van der Waals surface area contributed by atoms with E-state index in [9.17, 15) is 4.79 Å². The number of para-hydroxylation sites is 1. The predicted octanol–water partition coefficient (Wildman–Crippen LogP) is 2.66. The minimum Gasteiger partial charge on any atom is -0.396 e. The van der Waals surface area contributed by atoms with Crippen LogP contribution < -0.4 is 4.90 Å². The lowest BCUT2D eigenvalue weighted by Gasteiger charge is -2.19. The smallest absolute Gasteiger partial charge is 0.258 e. The molecule has 5 heteroatoms. The van der Waals surface area contributed by atoms with Crippen LogP contribution in [0.3, 0.4) is 0 Å². The fourth-order valence-corrected chi connectivity index (χ4v) is 2.44. The molecule has 104 valence electrons. The van der Waals surface area contributed by atoms with Gasteiger partial charge in [0.1, 0.15) is 0 Å². The molecule has 0 radical (unpaired) electrons. The van der Waals surface area contributed by atoms with Gasteiger partial charge in [-0.25, -0.2) is 0 Å². The summed E-state index contributed by atoms with van der Waals surface area (Å²) in [5.41, 5.74) is 2.07. The first-order valence-electron chi connectivity index (χ1n) is 6.22. The minimum absolute atomic E-state index is 0.0186. The van der Waals surface area contributed by atoms with Gasteiger partial charge >= 0.3 is 0 Å². The number of rotatable bonds is 4. The number of carbonyl (C=O) groups excluding carboxylic acids is 1. The van der Waals surface area contributed by atoms with E-state index in [4.69, 9.17) is 5.11 Å². The van der Waals surface area contributed by atoms with E-state index in [1.165, 1.54) is 0 Å². The molecule has 0 fully saturated rings.